The average molecular weight is 334 g/mol. The van der Waals surface area contributed by atoms with Gasteiger partial charge in [-0.1, -0.05) is 26.8 Å². The van der Waals surface area contributed by atoms with Crippen LogP contribution in [0.4, 0.5) is 8.78 Å². The smallest absolute Gasteiger partial charge is 0.237 e. The first-order chi connectivity index (χ1) is 9.96. The van der Waals surface area contributed by atoms with Crippen LogP contribution in [0.2, 0.25) is 0 Å². The summed E-state index contributed by atoms with van der Waals surface area (Å²) in [5, 5.41) is 2.50. The molecule has 0 aliphatic carbocycles. The maximum absolute atomic E-state index is 14.0. The maximum atomic E-state index is 14.0. The van der Waals surface area contributed by atoms with Crippen LogP contribution >= 0.6 is 0 Å². The SMILES string of the molecule is CNS(=O)(=O)CC(=O)N[C@H](c1ccc(F)cc1F)C(C)(C)C. The topological polar surface area (TPSA) is 75.3 Å². The van der Waals surface area contributed by atoms with Crippen LogP contribution in [-0.2, 0) is 14.8 Å². The molecule has 1 rings (SSSR count). The molecule has 0 bridgehead atoms. The summed E-state index contributed by atoms with van der Waals surface area (Å²) < 4.78 is 51.8. The van der Waals surface area contributed by atoms with E-state index in [4.69, 9.17) is 0 Å². The van der Waals surface area contributed by atoms with Gasteiger partial charge in [0.05, 0.1) is 6.04 Å². The second kappa shape index (κ2) is 6.70. The molecule has 0 aliphatic heterocycles. The molecular weight excluding hydrogens is 314 g/mol. The second-order valence-corrected chi connectivity index (χ2v) is 7.92. The van der Waals surface area contributed by atoms with E-state index in [1.807, 2.05) is 4.72 Å². The van der Waals surface area contributed by atoms with Crippen molar-refractivity contribution in [2.24, 2.45) is 5.41 Å². The number of halogens is 2. The number of amides is 1. The predicted molar refractivity (Wildman–Crippen MR) is 79.5 cm³/mol. The Morgan fingerprint density at radius 2 is 1.86 bits per heavy atom. The van der Waals surface area contributed by atoms with Gasteiger partial charge in [0.25, 0.3) is 0 Å². The van der Waals surface area contributed by atoms with Crippen LogP contribution < -0.4 is 10.0 Å². The van der Waals surface area contributed by atoms with Gasteiger partial charge in [0, 0.05) is 11.6 Å². The Morgan fingerprint density at radius 1 is 1.27 bits per heavy atom. The molecule has 0 radical (unpaired) electrons. The molecule has 1 aromatic rings. The molecule has 124 valence electrons. The van der Waals surface area contributed by atoms with E-state index in [0.717, 1.165) is 12.1 Å². The van der Waals surface area contributed by atoms with E-state index in [1.165, 1.54) is 13.1 Å². The molecule has 0 saturated heterocycles. The van der Waals surface area contributed by atoms with Gasteiger partial charge < -0.3 is 5.32 Å². The van der Waals surface area contributed by atoms with E-state index in [9.17, 15) is 22.0 Å². The first kappa shape index (κ1) is 18.5. The number of nitrogens with one attached hydrogen (secondary N) is 2. The highest BCUT2D eigenvalue weighted by Crippen LogP contribution is 2.34. The normalized spacial score (nSPS) is 13.7. The Labute approximate surface area is 129 Å². The Kier molecular flexibility index (Phi) is 5.64. The number of rotatable bonds is 5. The number of carbonyl (C=O) groups excluding carboxylic acids is 1. The van der Waals surface area contributed by atoms with Gasteiger partial charge in [-0.2, -0.15) is 0 Å². The number of benzene rings is 1. The summed E-state index contributed by atoms with van der Waals surface area (Å²) >= 11 is 0. The summed E-state index contributed by atoms with van der Waals surface area (Å²) in [6.07, 6.45) is 0. The highest BCUT2D eigenvalue weighted by molar-refractivity contribution is 7.90. The lowest BCUT2D eigenvalue weighted by Crippen LogP contribution is -2.41. The summed E-state index contributed by atoms with van der Waals surface area (Å²) in [6.45, 7) is 5.27. The van der Waals surface area contributed by atoms with E-state index in [2.05, 4.69) is 5.32 Å². The van der Waals surface area contributed by atoms with Gasteiger partial charge in [0.15, 0.2) is 0 Å². The van der Waals surface area contributed by atoms with Crippen molar-refractivity contribution in [3.8, 4) is 0 Å². The van der Waals surface area contributed by atoms with Crippen molar-refractivity contribution in [2.75, 3.05) is 12.8 Å². The molecule has 1 amide bonds. The molecule has 0 fully saturated rings. The monoisotopic (exact) mass is 334 g/mol. The predicted octanol–water partition coefficient (Wildman–Crippen LogP) is 1.72. The molecule has 0 aromatic heterocycles. The van der Waals surface area contributed by atoms with Crippen molar-refractivity contribution < 1.29 is 22.0 Å². The third kappa shape index (κ3) is 5.03. The minimum absolute atomic E-state index is 0.101. The van der Waals surface area contributed by atoms with Crippen molar-refractivity contribution in [2.45, 2.75) is 26.8 Å². The highest BCUT2D eigenvalue weighted by atomic mass is 32.2. The van der Waals surface area contributed by atoms with Crippen LogP contribution in [0.1, 0.15) is 32.4 Å². The largest absolute Gasteiger partial charge is 0.348 e. The van der Waals surface area contributed by atoms with Crippen LogP contribution in [0, 0.1) is 17.0 Å². The van der Waals surface area contributed by atoms with Crippen LogP contribution in [0.3, 0.4) is 0 Å². The van der Waals surface area contributed by atoms with Gasteiger partial charge in [-0.3, -0.25) is 4.79 Å². The lowest BCUT2D eigenvalue weighted by molar-refractivity contribution is -0.120. The highest BCUT2D eigenvalue weighted by Gasteiger charge is 2.31. The van der Waals surface area contributed by atoms with E-state index in [1.54, 1.807) is 20.8 Å². The molecule has 2 N–H and O–H groups in total. The fourth-order valence-electron chi connectivity index (χ4n) is 1.94. The van der Waals surface area contributed by atoms with Crippen LogP contribution in [0.15, 0.2) is 18.2 Å². The Morgan fingerprint density at radius 3 is 2.32 bits per heavy atom. The summed E-state index contributed by atoms with van der Waals surface area (Å²) in [5.74, 6) is -3.05. The standard InChI is InChI=1S/C14H20F2N2O3S/c1-14(2,3)13(10-6-5-9(15)7-11(10)16)18-12(19)8-22(20,21)17-4/h5-7,13,17H,8H2,1-4H3,(H,18,19)/t13-/m1/s1. The van der Waals surface area contributed by atoms with E-state index in [-0.39, 0.29) is 5.56 Å². The fourth-order valence-corrected chi connectivity index (χ4v) is 2.52. The van der Waals surface area contributed by atoms with Gasteiger partial charge in [-0.05, 0) is 18.5 Å². The van der Waals surface area contributed by atoms with Gasteiger partial charge in [-0.25, -0.2) is 21.9 Å². The van der Waals surface area contributed by atoms with Gasteiger partial charge in [-0.15, -0.1) is 0 Å². The molecule has 22 heavy (non-hydrogen) atoms. The summed E-state index contributed by atoms with van der Waals surface area (Å²) in [5.41, 5.74) is -0.498. The summed E-state index contributed by atoms with van der Waals surface area (Å²) in [4.78, 5) is 11.9. The molecule has 0 heterocycles. The molecule has 5 nitrogen and oxygen atoms in total. The van der Waals surface area contributed by atoms with Crippen molar-refractivity contribution >= 4 is 15.9 Å². The molecule has 1 aromatic carbocycles. The number of hydrogen-bond acceptors (Lipinski definition) is 3. The Balaban J connectivity index is 3.08. The molecule has 1 atom stereocenters. The molecule has 0 saturated carbocycles. The summed E-state index contributed by atoms with van der Waals surface area (Å²) in [6, 6.07) is 2.26. The molecule has 0 aliphatic rings. The van der Waals surface area contributed by atoms with Crippen molar-refractivity contribution in [3.63, 3.8) is 0 Å². The van der Waals surface area contributed by atoms with E-state index in [0.29, 0.717) is 0 Å². The minimum atomic E-state index is -3.72. The molecule has 0 unspecified atom stereocenters. The number of carbonyl (C=O) groups is 1. The maximum Gasteiger partial charge on any atom is 0.237 e. The van der Waals surface area contributed by atoms with Crippen molar-refractivity contribution in [1.29, 1.82) is 0 Å². The van der Waals surface area contributed by atoms with Gasteiger partial charge in [0.2, 0.25) is 15.9 Å². The molecular formula is C14H20F2N2O3S. The Bertz CT molecular complexity index is 655. The van der Waals surface area contributed by atoms with Crippen molar-refractivity contribution in [3.05, 3.63) is 35.4 Å². The van der Waals surface area contributed by atoms with Crippen LogP contribution in [0.25, 0.3) is 0 Å². The Hall–Kier alpha value is -1.54. The average Bonchev–Trinajstić information content (AvgIpc) is 2.35. The number of hydrogen-bond donors (Lipinski definition) is 2. The third-order valence-electron chi connectivity index (χ3n) is 3.08. The lowest BCUT2D eigenvalue weighted by Gasteiger charge is -2.32. The first-order valence-corrected chi connectivity index (χ1v) is 8.27. The van der Waals surface area contributed by atoms with Gasteiger partial charge >= 0.3 is 0 Å². The fraction of sp³-hybridized carbons (Fsp3) is 0.500. The van der Waals surface area contributed by atoms with E-state index < -0.39 is 44.8 Å². The first-order valence-electron chi connectivity index (χ1n) is 6.62. The van der Waals surface area contributed by atoms with Crippen LogP contribution in [0.5, 0.6) is 0 Å². The zero-order chi connectivity index (χ0) is 17.1. The van der Waals surface area contributed by atoms with E-state index >= 15 is 0 Å². The quantitative estimate of drug-likeness (QED) is 0.861. The van der Waals surface area contributed by atoms with Gasteiger partial charge in [0.1, 0.15) is 17.4 Å². The second-order valence-electron chi connectivity index (χ2n) is 6.00. The zero-order valence-electron chi connectivity index (χ0n) is 12.9. The minimum Gasteiger partial charge on any atom is -0.348 e. The summed E-state index contributed by atoms with van der Waals surface area (Å²) in [7, 11) is -2.53. The molecule has 0 spiro atoms. The number of sulfonamides is 1. The van der Waals surface area contributed by atoms with Crippen LogP contribution in [-0.4, -0.2) is 27.1 Å². The lowest BCUT2D eigenvalue weighted by atomic mass is 9.82. The third-order valence-corrected chi connectivity index (χ3v) is 4.34. The van der Waals surface area contributed by atoms with Crippen molar-refractivity contribution in [1.82, 2.24) is 10.0 Å². The zero-order valence-corrected chi connectivity index (χ0v) is 13.7. The molecule has 8 heteroatoms.